The van der Waals surface area contributed by atoms with Gasteiger partial charge in [-0.3, -0.25) is 9.59 Å². The maximum absolute atomic E-state index is 12.7. The predicted octanol–water partition coefficient (Wildman–Crippen LogP) is 5.07. The lowest BCUT2D eigenvalue weighted by Gasteiger charge is -2.30. The van der Waals surface area contributed by atoms with E-state index in [9.17, 15) is 9.59 Å². The third kappa shape index (κ3) is 7.50. The minimum atomic E-state index is -0.164. The lowest BCUT2D eigenvalue weighted by atomic mass is 9.98. The van der Waals surface area contributed by atoms with E-state index < -0.39 is 0 Å². The highest BCUT2D eigenvalue weighted by Gasteiger charge is 2.21. The molecule has 0 saturated carbocycles. The number of piperidine rings is 1. The van der Waals surface area contributed by atoms with Gasteiger partial charge in [-0.25, -0.2) is 0 Å². The Morgan fingerprint density at radius 3 is 2.03 bits per heavy atom. The van der Waals surface area contributed by atoms with Gasteiger partial charge in [0, 0.05) is 30.0 Å². The number of hydrogen-bond donors (Lipinski definition) is 2. The SMILES string of the molecule is CC1CCN(C(=O)c2ccc(NCC(=O)Nc3ccc(OCCOc4ccccc4)cc3)cc2)CC1. The van der Waals surface area contributed by atoms with E-state index in [4.69, 9.17) is 9.47 Å². The third-order valence-corrected chi connectivity index (χ3v) is 6.16. The summed E-state index contributed by atoms with van der Waals surface area (Å²) in [6.45, 7) is 4.85. The molecule has 1 fully saturated rings. The largest absolute Gasteiger partial charge is 0.490 e. The van der Waals surface area contributed by atoms with Crippen LogP contribution < -0.4 is 20.1 Å². The van der Waals surface area contributed by atoms with Crippen molar-refractivity contribution in [1.29, 1.82) is 0 Å². The van der Waals surface area contributed by atoms with Gasteiger partial charge in [0.25, 0.3) is 5.91 Å². The van der Waals surface area contributed by atoms with Crippen LogP contribution in [0.15, 0.2) is 78.9 Å². The Kier molecular flexibility index (Phi) is 8.81. The van der Waals surface area contributed by atoms with Gasteiger partial charge >= 0.3 is 0 Å². The smallest absolute Gasteiger partial charge is 0.253 e. The fourth-order valence-corrected chi connectivity index (χ4v) is 3.98. The molecule has 3 aromatic rings. The molecule has 1 aliphatic heterocycles. The topological polar surface area (TPSA) is 79.9 Å². The molecule has 36 heavy (non-hydrogen) atoms. The molecule has 3 aromatic carbocycles. The minimum Gasteiger partial charge on any atom is -0.490 e. The molecule has 2 amide bonds. The molecule has 7 nitrogen and oxygen atoms in total. The van der Waals surface area contributed by atoms with Crippen LogP contribution in [0.2, 0.25) is 0 Å². The van der Waals surface area contributed by atoms with E-state index in [0.717, 1.165) is 37.4 Å². The van der Waals surface area contributed by atoms with E-state index in [1.165, 1.54) is 0 Å². The standard InChI is InChI=1S/C29H33N3O4/c1-22-15-17-32(18-16-22)29(34)23-7-9-24(10-8-23)30-21-28(33)31-25-11-13-27(14-12-25)36-20-19-35-26-5-3-2-4-6-26/h2-14,22,30H,15-21H2,1H3,(H,31,33). The third-order valence-electron chi connectivity index (χ3n) is 6.16. The van der Waals surface area contributed by atoms with Gasteiger partial charge in [-0.2, -0.15) is 0 Å². The number of likely N-dealkylation sites (tertiary alicyclic amines) is 1. The zero-order valence-electron chi connectivity index (χ0n) is 20.6. The summed E-state index contributed by atoms with van der Waals surface area (Å²) in [4.78, 5) is 26.9. The van der Waals surface area contributed by atoms with Gasteiger partial charge in [-0.05, 0) is 79.4 Å². The quantitative estimate of drug-likeness (QED) is 0.391. The van der Waals surface area contributed by atoms with Crippen LogP contribution in [0.3, 0.4) is 0 Å². The van der Waals surface area contributed by atoms with Gasteiger partial charge < -0.3 is 25.0 Å². The Morgan fingerprint density at radius 2 is 1.39 bits per heavy atom. The van der Waals surface area contributed by atoms with Crippen LogP contribution in [0.4, 0.5) is 11.4 Å². The van der Waals surface area contributed by atoms with Crippen LogP contribution in [-0.4, -0.2) is 49.6 Å². The van der Waals surface area contributed by atoms with Crippen LogP contribution in [0.25, 0.3) is 0 Å². The molecular formula is C29H33N3O4. The van der Waals surface area contributed by atoms with Crippen molar-refractivity contribution < 1.29 is 19.1 Å². The Labute approximate surface area is 212 Å². The first kappa shape index (κ1) is 25.1. The second-order valence-corrected chi connectivity index (χ2v) is 8.99. The first-order valence-corrected chi connectivity index (χ1v) is 12.4. The van der Waals surface area contributed by atoms with Crippen molar-refractivity contribution in [2.24, 2.45) is 5.92 Å². The molecule has 7 heteroatoms. The number of ether oxygens (including phenoxy) is 2. The molecule has 1 saturated heterocycles. The van der Waals surface area contributed by atoms with Crippen LogP contribution in [0, 0.1) is 5.92 Å². The second-order valence-electron chi connectivity index (χ2n) is 8.99. The van der Waals surface area contributed by atoms with Crippen molar-refractivity contribution >= 4 is 23.2 Å². The number of nitrogens with zero attached hydrogens (tertiary/aromatic N) is 1. The number of carbonyl (C=O) groups is 2. The Bertz CT molecular complexity index is 1110. The number of nitrogens with one attached hydrogen (secondary N) is 2. The van der Waals surface area contributed by atoms with Crippen molar-refractivity contribution in [2.45, 2.75) is 19.8 Å². The summed E-state index contributed by atoms with van der Waals surface area (Å²) in [5, 5.41) is 5.96. The van der Waals surface area contributed by atoms with Gasteiger partial charge in [0.1, 0.15) is 24.7 Å². The van der Waals surface area contributed by atoms with Gasteiger partial charge in [0.15, 0.2) is 0 Å². The molecule has 0 unspecified atom stereocenters. The summed E-state index contributed by atoms with van der Waals surface area (Å²) in [6.07, 6.45) is 2.11. The number of benzene rings is 3. The van der Waals surface area contributed by atoms with Gasteiger partial charge in [-0.1, -0.05) is 25.1 Å². The fourth-order valence-electron chi connectivity index (χ4n) is 3.98. The number of anilines is 2. The number of hydrogen-bond acceptors (Lipinski definition) is 5. The fraction of sp³-hybridized carbons (Fsp3) is 0.310. The number of para-hydroxylation sites is 1. The lowest BCUT2D eigenvalue weighted by molar-refractivity contribution is -0.114. The minimum absolute atomic E-state index is 0.0716. The molecule has 188 valence electrons. The van der Waals surface area contributed by atoms with Gasteiger partial charge in [0.05, 0.1) is 6.54 Å². The first-order valence-electron chi connectivity index (χ1n) is 12.4. The van der Waals surface area contributed by atoms with E-state index >= 15 is 0 Å². The number of amides is 2. The lowest BCUT2D eigenvalue weighted by Crippen LogP contribution is -2.37. The van der Waals surface area contributed by atoms with Crippen molar-refractivity contribution in [3.8, 4) is 11.5 Å². The van der Waals surface area contributed by atoms with Crippen molar-refractivity contribution in [3.63, 3.8) is 0 Å². The summed E-state index contributed by atoms with van der Waals surface area (Å²) in [5.74, 6) is 2.11. The zero-order chi connectivity index (χ0) is 25.2. The zero-order valence-corrected chi connectivity index (χ0v) is 20.6. The first-order chi connectivity index (χ1) is 17.6. The maximum Gasteiger partial charge on any atom is 0.253 e. The Balaban J connectivity index is 1.16. The van der Waals surface area contributed by atoms with Crippen molar-refractivity contribution in [3.05, 3.63) is 84.4 Å². The van der Waals surface area contributed by atoms with Gasteiger partial charge in [0.2, 0.25) is 5.91 Å². The average Bonchev–Trinajstić information content (AvgIpc) is 2.92. The Morgan fingerprint density at radius 1 is 0.806 bits per heavy atom. The molecule has 0 aromatic heterocycles. The molecule has 0 spiro atoms. The van der Waals surface area contributed by atoms with E-state index in [0.29, 0.717) is 36.1 Å². The van der Waals surface area contributed by atoms with Gasteiger partial charge in [-0.15, -0.1) is 0 Å². The van der Waals surface area contributed by atoms with E-state index in [-0.39, 0.29) is 18.4 Å². The highest BCUT2D eigenvalue weighted by Crippen LogP contribution is 2.19. The second kappa shape index (κ2) is 12.6. The summed E-state index contributed by atoms with van der Waals surface area (Å²) in [7, 11) is 0. The van der Waals surface area contributed by atoms with Crippen molar-refractivity contribution in [2.75, 3.05) is 43.5 Å². The number of carbonyl (C=O) groups excluding carboxylic acids is 2. The molecule has 4 rings (SSSR count). The highest BCUT2D eigenvalue weighted by molar-refractivity contribution is 5.95. The Hall–Kier alpha value is -4.00. The molecule has 0 radical (unpaired) electrons. The molecule has 0 aliphatic carbocycles. The summed E-state index contributed by atoms with van der Waals surface area (Å²) in [6, 6.07) is 24.1. The monoisotopic (exact) mass is 487 g/mol. The maximum atomic E-state index is 12.7. The average molecular weight is 488 g/mol. The van der Waals surface area contributed by atoms with Crippen molar-refractivity contribution in [1.82, 2.24) is 4.90 Å². The summed E-state index contributed by atoms with van der Waals surface area (Å²) in [5.41, 5.74) is 2.15. The molecular weight excluding hydrogens is 454 g/mol. The predicted molar refractivity (Wildman–Crippen MR) is 142 cm³/mol. The van der Waals surface area contributed by atoms with E-state index in [1.807, 2.05) is 71.6 Å². The normalized spacial score (nSPS) is 13.6. The molecule has 0 atom stereocenters. The highest BCUT2D eigenvalue weighted by atomic mass is 16.5. The van der Waals surface area contributed by atoms with Crippen LogP contribution in [-0.2, 0) is 4.79 Å². The summed E-state index contributed by atoms with van der Waals surface area (Å²) >= 11 is 0. The van der Waals surface area contributed by atoms with Crippen LogP contribution in [0.1, 0.15) is 30.1 Å². The molecule has 1 heterocycles. The van der Waals surface area contributed by atoms with Crippen LogP contribution in [0.5, 0.6) is 11.5 Å². The molecule has 2 N–H and O–H groups in total. The molecule has 1 aliphatic rings. The summed E-state index contributed by atoms with van der Waals surface area (Å²) < 4.78 is 11.3. The van der Waals surface area contributed by atoms with E-state index in [1.54, 1.807) is 12.1 Å². The van der Waals surface area contributed by atoms with E-state index in [2.05, 4.69) is 17.6 Å². The number of rotatable bonds is 10. The molecule has 0 bridgehead atoms. The van der Waals surface area contributed by atoms with Crippen LogP contribution >= 0.6 is 0 Å².